The number of piperidine rings is 1. The average Bonchev–Trinajstić information content (AvgIpc) is 3.23. The molecule has 28 heavy (non-hydrogen) atoms. The Morgan fingerprint density at radius 1 is 1.07 bits per heavy atom. The van der Waals surface area contributed by atoms with Crippen molar-refractivity contribution in [2.45, 2.75) is 69.4 Å². The minimum absolute atomic E-state index is 0.518. The second-order valence-electron chi connectivity index (χ2n) is 8.67. The lowest BCUT2D eigenvalue weighted by atomic mass is 10.0. The van der Waals surface area contributed by atoms with Gasteiger partial charge in [-0.3, -0.25) is 5.10 Å². The molecule has 5 rings (SSSR count). The van der Waals surface area contributed by atoms with Gasteiger partial charge in [0, 0.05) is 56.1 Å². The molecular formula is C21H31N7. The van der Waals surface area contributed by atoms with Crippen LogP contribution < -0.4 is 10.2 Å². The van der Waals surface area contributed by atoms with Crippen molar-refractivity contribution in [3.05, 3.63) is 24.0 Å². The van der Waals surface area contributed by atoms with E-state index < -0.39 is 0 Å². The summed E-state index contributed by atoms with van der Waals surface area (Å²) >= 11 is 0. The molecule has 1 aliphatic heterocycles. The minimum atomic E-state index is 0.518. The highest BCUT2D eigenvalue weighted by molar-refractivity contribution is 5.53. The lowest BCUT2D eigenvalue weighted by Crippen LogP contribution is -2.44. The zero-order chi connectivity index (χ0) is 18.9. The Morgan fingerprint density at radius 3 is 2.61 bits per heavy atom. The zero-order valence-electron chi connectivity index (χ0n) is 16.8. The summed E-state index contributed by atoms with van der Waals surface area (Å²) in [5, 5.41) is 11.0. The van der Waals surface area contributed by atoms with Crippen molar-refractivity contribution in [3.8, 4) is 0 Å². The fourth-order valence-electron chi connectivity index (χ4n) is 4.81. The van der Waals surface area contributed by atoms with Crippen LogP contribution in [0.4, 0.5) is 17.6 Å². The Balaban J connectivity index is 1.22. The molecule has 2 aliphatic carbocycles. The molecule has 1 saturated heterocycles. The predicted octanol–water partition coefficient (Wildman–Crippen LogP) is 3.66. The van der Waals surface area contributed by atoms with Crippen LogP contribution in [-0.2, 0) is 0 Å². The molecular weight excluding hydrogens is 350 g/mol. The number of nitrogens with one attached hydrogen (secondary N) is 2. The SMILES string of the molecule is CN(c1nccc(Nc2cc(C3CCCC3)[nH]n2)n1)C1CCN(C2CC2)CC1. The van der Waals surface area contributed by atoms with Gasteiger partial charge >= 0.3 is 0 Å². The summed E-state index contributed by atoms with van der Waals surface area (Å²) < 4.78 is 0. The van der Waals surface area contributed by atoms with Gasteiger partial charge in [0.15, 0.2) is 5.82 Å². The van der Waals surface area contributed by atoms with Crippen molar-refractivity contribution in [2.24, 2.45) is 0 Å². The first-order valence-electron chi connectivity index (χ1n) is 10.9. The molecule has 2 aromatic heterocycles. The largest absolute Gasteiger partial charge is 0.341 e. The van der Waals surface area contributed by atoms with Gasteiger partial charge in [0.25, 0.3) is 0 Å². The van der Waals surface area contributed by atoms with E-state index in [4.69, 9.17) is 4.98 Å². The van der Waals surface area contributed by atoms with E-state index in [-0.39, 0.29) is 0 Å². The molecule has 3 fully saturated rings. The second kappa shape index (κ2) is 7.70. The van der Waals surface area contributed by atoms with E-state index in [1.165, 1.54) is 70.2 Å². The molecule has 7 heteroatoms. The predicted molar refractivity (Wildman–Crippen MR) is 111 cm³/mol. The highest BCUT2D eigenvalue weighted by Gasteiger charge is 2.33. The number of hydrogen-bond donors (Lipinski definition) is 2. The molecule has 7 nitrogen and oxygen atoms in total. The molecule has 0 amide bonds. The molecule has 0 radical (unpaired) electrons. The maximum absolute atomic E-state index is 4.75. The number of likely N-dealkylation sites (tertiary alicyclic amines) is 1. The van der Waals surface area contributed by atoms with Crippen LogP contribution in [0.2, 0.25) is 0 Å². The lowest BCUT2D eigenvalue weighted by Gasteiger charge is -2.36. The minimum Gasteiger partial charge on any atom is -0.341 e. The molecule has 0 atom stereocenters. The first kappa shape index (κ1) is 17.9. The highest BCUT2D eigenvalue weighted by atomic mass is 15.3. The maximum atomic E-state index is 4.75. The van der Waals surface area contributed by atoms with Crippen LogP contribution in [-0.4, -0.2) is 57.3 Å². The Hall–Kier alpha value is -2.15. The number of rotatable bonds is 6. The first-order valence-corrected chi connectivity index (χ1v) is 10.9. The summed E-state index contributed by atoms with van der Waals surface area (Å²) in [5.41, 5.74) is 1.24. The van der Waals surface area contributed by atoms with Crippen molar-refractivity contribution in [1.29, 1.82) is 0 Å². The quantitative estimate of drug-likeness (QED) is 0.795. The van der Waals surface area contributed by atoms with Crippen LogP contribution in [0.1, 0.15) is 63.0 Å². The fraction of sp³-hybridized carbons (Fsp3) is 0.667. The summed E-state index contributed by atoms with van der Waals surface area (Å²) in [5.74, 6) is 3.07. The molecule has 0 aromatic carbocycles. The topological polar surface area (TPSA) is 73.0 Å². The van der Waals surface area contributed by atoms with Crippen LogP contribution >= 0.6 is 0 Å². The molecule has 150 valence electrons. The third-order valence-electron chi connectivity index (χ3n) is 6.72. The number of anilines is 3. The first-order chi connectivity index (χ1) is 13.8. The fourth-order valence-corrected chi connectivity index (χ4v) is 4.81. The number of H-pyrrole nitrogens is 1. The Kier molecular flexibility index (Phi) is 4.93. The van der Waals surface area contributed by atoms with Gasteiger partial charge in [0.2, 0.25) is 5.95 Å². The number of nitrogens with zero attached hydrogens (tertiary/aromatic N) is 5. The molecule has 0 spiro atoms. The van der Waals surface area contributed by atoms with Gasteiger partial charge in [0.1, 0.15) is 5.82 Å². The molecule has 2 aromatic rings. The van der Waals surface area contributed by atoms with E-state index in [0.717, 1.165) is 23.6 Å². The smallest absolute Gasteiger partial charge is 0.227 e. The van der Waals surface area contributed by atoms with Gasteiger partial charge in [-0.05, 0) is 44.6 Å². The molecule has 3 heterocycles. The molecule has 2 saturated carbocycles. The average molecular weight is 382 g/mol. The van der Waals surface area contributed by atoms with Crippen molar-refractivity contribution >= 4 is 17.6 Å². The summed E-state index contributed by atoms with van der Waals surface area (Å²) in [6.45, 7) is 2.41. The summed E-state index contributed by atoms with van der Waals surface area (Å²) in [7, 11) is 2.13. The van der Waals surface area contributed by atoms with E-state index in [2.05, 4.69) is 43.4 Å². The number of hydrogen-bond acceptors (Lipinski definition) is 6. The zero-order valence-corrected chi connectivity index (χ0v) is 16.8. The van der Waals surface area contributed by atoms with E-state index in [0.29, 0.717) is 12.0 Å². The van der Waals surface area contributed by atoms with E-state index in [9.17, 15) is 0 Å². The van der Waals surface area contributed by atoms with Crippen LogP contribution in [0.15, 0.2) is 18.3 Å². The molecule has 0 bridgehead atoms. The second-order valence-corrected chi connectivity index (χ2v) is 8.67. The maximum Gasteiger partial charge on any atom is 0.227 e. The molecule has 0 unspecified atom stereocenters. The highest BCUT2D eigenvalue weighted by Crippen LogP contribution is 2.34. The third-order valence-corrected chi connectivity index (χ3v) is 6.72. The van der Waals surface area contributed by atoms with Crippen molar-refractivity contribution in [2.75, 3.05) is 30.4 Å². The normalized spacial score (nSPS) is 21.9. The monoisotopic (exact) mass is 381 g/mol. The van der Waals surface area contributed by atoms with E-state index >= 15 is 0 Å². The van der Waals surface area contributed by atoms with E-state index in [1.54, 1.807) is 0 Å². The van der Waals surface area contributed by atoms with Gasteiger partial charge in [-0.15, -0.1) is 0 Å². The van der Waals surface area contributed by atoms with Gasteiger partial charge in [-0.1, -0.05) is 12.8 Å². The van der Waals surface area contributed by atoms with Gasteiger partial charge in [0.05, 0.1) is 0 Å². The number of aromatic nitrogens is 4. The van der Waals surface area contributed by atoms with E-state index in [1.807, 2.05) is 12.3 Å². The van der Waals surface area contributed by atoms with Crippen molar-refractivity contribution < 1.29 is 0 Å². The Morgan fingerprint density at radius 2 is 1.86 bits per heavy atom. The van der Waals surface area contributed by atoms with Crippen LogP contribution in [0.3, 0.4) is 0 Å². The summed E-state index contributed by atoms with van der Waals surface area (Å²) in [6.07, 6.45) is 12.2. The Labute approximate surface area is 166 Å². The summed E-state index contributed by atoms with van der Waals surface area (Å²) in [4.78, 5) is 14.2. The van der Waals surface area contributed by atoms with Crippen LogP contribution in [0.5, 0.6) is 0 Å². The van der Waals surface area contributed by atoms with Crippen LogP contribution in [0, 0.1) is 0 Å². The van der Waals surface area contributed by atoms with Crippen molar-refractivity contribution in [3.63, 3.8) is 0 Å². The Bertz CT molecular complexity index is 786. The lowest BCUT2D eigenvalue weighted by molar-refractivity contribution is 0.201. The van der Waals surface area contributed by atoms with Crippen LogP contribution in [0.25, 0.3) is 0 Å². The number of aromatic amines is 1. The van der Waals surface area contributed by atoms with Gasteiger partial charge in [-0.25, -0.2) is 4.98 Å². The molecule has 3 aliphatic rings. The molecule has 2 N–H and O–H groups in total. The third kappa shape index (κ3) is 3.85. The standard InChI is InChI=1S/C21H31N7/c1-27(16-9-12-28(13-10-16)17-6-7-17)21-22-11-8-19(24-21)23-20-14-18(25-26-20)15-4-2-3-5-15/h8,11,14-17H,2-7,9-10,12-13H2,1H3,(H2,22,23,24,25,26). The van der Waals surface area contributed by atoms with Gasteiger partial charge < -0.3 is 15.1 Å². The van der Waals surface area contributed by atoms with Crippen molar-refractivity contribution in [1.82, 2.24) is 25.1 Å². The summed E-state index contributed by atoms with van der Waals surface area (Å²) in [6, 6.07) is 5.44. The van der Waals surface area contributed by atoms with Gasteiger partial charge in [-0.2, -0.15) is 10.1 Å².